The molecule has 0 fully saturated rings. The number of nitrogens with zero attached hydrogens (tertiary/aromatic N) is 2. The molecule has 1 N–H and O–H groups in total. The van der Waals surface area contributed by atoms with Crippen LogP contribution in [0.2, 0.25) is 0 Å². The van der Waals surface area contributed by atoms with Gasteiger partial charge < -0.3 is 9.47 Å². The molecule has 1 aromatic heterocycles. The molecule has 0 amide bonds. The predicted octanol–water partition coefficient (Wildman–Crippen LogP) is 4.30. The molecular formula is C15H18IN3O2S. The third-order valence-corrected chi connectivity index (χ3v) is 4.28. The first-order chi connectivity index (χ1) is 10.6. The molecule has 0 saturated heterocycles. The van der Waals surface area contributed by atoms with E-state index in [0.29, 0.717) is 13.2 Å². The van der Waals surface area contributed by atoms with Crippen molar-refractivity contribution < 1.29 is 9.47 Å². The number of aryl methyl sites for hydroxylation is 1. The van der Waals surface area contributed by atoms with Crippen molar-refractivity contribution in [2.24, 2.45) is 5.10 Å². The van der Waals surface area contributed by atoms with Crippen LogP contribution in [-0.4, -0.2) is 24.4 Å². The Hall–Kier alpha value is -1.35. The Morgan fingerprint density at radius 3 is 2.73 bits per heavy atom. The zero-order chi connectivity index (χ0) is 15.9. The molecule has 0 spiro atoms. The zero-order valence-electron chi connectivity index (χ0n) is 12.7. The van der Waals surface area contributed by atoms with E-state index in [1.165, 1.54) is 11.3 Å². The molecule has 0 bridgehead atoms. The van der Waals surface area contributed by atoms with Crippen molar-refractivity contribution in [3.05, 3.63) is 32.3 Å². The Labute approximate surface area is 147 Å². The normalized spacial score (nSPS) is 10.9. The van der Waals surface area contributed by atoms with Gasteiger partial charge >= 0.3 is 0 Å². The monoisotopic (exact) mass is 431 g/mol. The van der Waals surface area contributed by atoms with Crippen molar-refractivity contribution >= 4 is 45.3 Å². The topological polar surface area (TPSA) is 55.7 Å². The molecule has 0 saturated carbocycles. The lowest BCUT2D eigenvalue weighted by Gasteiger charge is -2.13. The fourth-order valence-electron chi connectivity index (χ4n) is 1.78. The lowest BCUT2D eigenvalue weighted by Crippen LogP contribution is -2.01. The van der Waals surface area contributed by atoms with Crippen LogP contribution in [0.15, 0.2) is 22.6 Å². The lowest BCUT2D eigenvalue weighted by molar-refractivity contribution is 0.286. The van der Waals surface area contributed by atoms with Gasteiger partial charge in [-0.15, -0.1) is 11.3 Å². The number of hydrogen-bond donors (Lipinski definition) is 1. The first-order valence-corrected chi connectivity index (χ1v) is 8.90. The van der Waals surface area contributed by atoms with Crippen molar-refractivity contribution in [2.45, 2.75) is 20.8 Å². The van der Waals surface area contributed by atoms with Crippen LogP contribution in [0.3, 0.4) is 0 Å². The van der Waals surface area contributed by atoms with Crippen LogP contribution in [0.25, 0.3) is 0 Å². The van der Waals surface area contributed by atoms with Gasteiger partial charge in [0.15, 0.2) is 11.5 Å². The highest BCUT2D eigenvalue weighted by Gasteiger charge is 2.11. The molecule has 2 aromatic rings. The molecule has 0 radical (unpaired) electrons. The van der Waals surface area contributed by atoms with Crippen LogP contribution < -0.4 is 14.9 Å². The molecule has 1 heterocycles. The number of hydrazone groups is 1. The third-order valence-electron chi connectivity index (χ3n) is 2.61. The summed E-state index contributed by atoms with van der Waals surface area (Å²) in [5, 5.41) is 6.97. The summed E-state index contributed by atoms with van der Waals surface area (Å²) >= 11 is 3.77. The molecule has 7 heteroatoms. The van der Waals surface area contributed by atoms with Crippen LogP contribution in [0.5, 0.6) is 11.5 Å². The van der Waals surface area contributed by atoms with Gasteiger partial charge in [-0.05, 0) is 61.1 Å². The number of thiazole rings is 1. The first-order valence-electron chi connectivity index (χ1n) is 6.94. The summed E-state index contributed by atoms with van der Waals surface area (Å²) in [6, 6.07) is 3.93. The van der Waals surface area contributed by atoms with Gasteiger partial charge in [-0.3, -0.25) is 5.43 Å². The number of aromatic nitrogens is 1. The van der Waals surface area contributed by atoms with Gasteiger partial charge in [0.25, 0.3) is 0 Å². The Morgan fingerprint density at radius 1 is 1.32 bits per heavy atom. The summed E-state index contributed by atoms with van der Waals surface area (Å²) in [7, 11) is 0. The summed E-state index contributed by atoms with van der Waals surface area (Å²) in [6.07, 6.45) is 1.75. The number of rotatable bonds is 7. The molecule has 5 nitrogen and oxygen atoms in total. The third kappa shape index (κ3) is 4.57. The highest BCUT2D eigenvalue weighted by atomic mass is 127. The van der Waals surface area contributed by atoms with Crippen LogP contribution >= 0.6 is 33.9 Å². The Balaban J connectivity index is 2.16. The van der Waals surface area contributed by atoms with E-state index in [9.17, 15) is 0 Å². The van der Waals surface area contributed by atoms with E-state index >= 15 is 0 Å². The molecule has 118 valence electrons. The second-order valence-corrected chi connectivity index (χ2v) is 6.38. The minimum absolute atomic E-state index is 0.591. The number of hydrogen-bond acceptors (Lipinski definition) is 6. The highest BCUT2D eigenvalue weighted by molar-refractivity contribution is 14.1. The Bertz CT molecular complexity index is 658. The molecule has 2 rings (SSSR count). The van der Waals surface area contributed by atoms with Crippen molar-refractivity contribution in [3.8, 4) is 11.5 Å². The average molecular weight is 431 g/mol. The maximum absolute atomic E-state index is 5.66. The van der Waals surface area contributed by atoms with E-state index in [0.717, 1.165) is 31.5 Å². The second-order valence-electron chi connectivity index (χ2n) is 4.36. The molecule has 22 heavy (non-hydrogen) atoms. The maximum atomic E-state index is 5.66. The summed E-state index contributed by atoms with van der Waals surface area (Å²) in [5.41, 5.74) is 4.85. The van der Waals surface area contributed by atoms with Crippen LogP contribution in [-0.2, 0) is 0 Å². The molecule has 1 aromatic carbocycles. The zero-order valence-corrected chi connectivity index (χ0v) is 15.7. The fraction of sp³-hybridized carbons (Fsp3) is 0.333. The molecule has 0 unspecified atom stereocenters. The molecule has 0 aliphatic rings. The minimum atomic E-state index is 0.591. The summed E-state index contributed by atoms with van der Waals surface area (Å²) < 4.78 is 12.3. The van der Waals surface area contributed by atoms with Gasteiger partial charge in [-0.1, -0.05) is 0 Å². The van der Waals surface area contributed by atoms with Gasteiger partial charge in [0.05, 0.1) is 28.7 Å². The average Bonchev–Trinajstić information content (AvgIpc) is 2.89. The maximum Gasteiger partial charge on any atom is 0.203 e. The van der Waals surface area contributed by atoms with Crippen molar-refractivity contribution in [1.29, 1.82) is 0 Å². The lowest BCUT2D eigenvalue weighted by atomic mass is 10.2. The Kier molecular flexibility index (Phi) is 6.44. The van der Waals surface area contributed by atoms with E-state index in [-0.39, 0.29) is 0 Å². The van der Waals surface area contributed by atoms with E-state index in [1.807, 2.05) is 38.3 Å². The van der Waals surface area contributed by atoms with Crippen molar-refractivity contribution in [3.63, 3.8) is 0 Å². The number of anilines is 1. The minimum Gasteiger partial charge on any atom is -0.490 e. The van der Waals surface area contributed by atoms with Crippen molar-refractivity contribution in [2.75, 3.05) is 18.6 Å². The van der Waals surface area contributed by atoms with E-state index in [4.69, 9.17) is 9.47 Å². The van der Waals surface area contributed by atoms with Crippen molar-refractivity contribution in [1.82, 2.24) is 4.98 Å². The van der Waals surface area contributed by atoms with E-state index in [2.05, 4.69) is 38.1 Å². The predicted molar refractivity (Wildman–Crippen MR) is 99.6 cm³/mol. The quantitative estimate of drug-likeness (QED) is 0.404. The highest BCUT2D eigenvalue weighted by Crippen LogP contribution is 2.33. The second kappa shape index (κ2) is 8.33. The van der Waals surface area contributed by atoms with Gasteiger partial charge in [0, 0.05) is 5.38 Å². The molecular weight excluding hydrogens is 413 g/mol. The molecule has 0 aliphatic heterocycles. The standard InChI is InChI=1S/C15H18IN3O2S/c1-4-20-13-7-11(6-12(16)14(13)21-5-2)8-17-19-15-18-10(3)9-22-15/h6-9H,4-5H2,1-3H3,(H,18,19). The summed E-state index contributed by atoms with van der Waals surface area (Å²) in [4.78, 5) is 4.29. The Morgan fingerprint density at radius 2 is 2.09 bits per heavy atom. The summed E-state index contributed by atoms with van der Waals surface area (Å²) in [5.74, 6) is 1.52. The number of nitrogens with one attached hydrogen (secondary N) is 1. The van der Waals surface area contributed by atoms with Crippen LogP contribution in [0.4, 0.5) is 5.13 Å². The van der Waals surface area contributed by atoms with Gasteiger partial charge in [-0.2, -0.15) is 5.10 Å². The first kappa shape index (κ1) is 17.0. The van der Waals surface area contributed by atoms with Gasteiger partial charge in [0.2, 0.25) is 5.13 Å². The smallest absolute Gasteiger partial charge is 0.203 e. The van der Waals surface area contributed by atoms with E-state index < -0.39 is 0 Å². The largest absolute Gasteiger partial charge is 0.490 e. The van der Waals surface area contributed by atoms with Crippen LogP contribution in [0, 0.1) is 10.5 Å². The van der Waals surface area contributed by atoms with Crippen LogP contribution in [0.1, 0.15) is 25.1 Å². The van der Waals surface area contributed by atoms with E-state index in [1.54, 1.807) is 6.21 Å². The molecule has 0 aliphatic carbocycles. The fourth-order valence-corrected chi connectivity index (χ4v) is 3.20. The number of ether oxygens (including phenoxy) is 2. The van der Waals surface area contributed by atoms with Gasteiger partial charge in [-0.25, -0.2) is 4.98 Å². The number of halogens is 1. The SMILES string of the molecule is CCOc1cc(C=NNc2nc(C)cs2)cc(I)c1OCC. The molecule has 0 atom stereocenters. The number of benzene rings is 1. The van der Waals surface area contributed by atoms with Gasteiger partial charge in [0.1, 0.15) is 0 Å². The summed E-state index contributed by atoms with van der Waals surface area (Å²) in [6.45, 7) is 7.06.